The highest BCUT2D eigenvalue weighted by Gasteiger charge is 2.37. The predicted octanol–water partition coefficient (Wildman–Crippen LogP) is -0.192. The lowest BCUT2D eigenvalue weighted by atomic mass is 10.2. The van der Waals surface area contributed by atoms with E-state index >= 15 is 0 Å². The first-order chi connectivity index (χ1) is 8.02. The van der Waals surface area contributed by atoms with Gasteiger partial charge in [-0.3, -0.25) is 14.3 Å². The van der Waals surface area contributed by atoms with E-state index in [0.29, 0.717) is 0 Å². The Balaban J connectivity index is 2.38. The van der Waals surface area contributed by atoms with Crippen molar-refractivity contribution in [3.05, 3.63) is 32.1 Å². The molecule has 0 spiro atoms. The number of aromatic amines is 1. The normalized spacial score (nSPS) is 28.5. The average molecular weight is 265 g/mol. The maximum absolute atomic E-state index is 13.6. The number of rotatable bonds is 2. The SMILES string of the molecule is O=c1[nH]c(=O)n([C@@H]2O[C@@H](CO)C[C@H]2F)cc1Cl. The molecule has 1 fully saturated rings. The van der Waals surface area contributed by atoms with Crippen molar-refractivity contribution in [1.82, 2.24) is 9.55 Å². The highest BCUT2D eigenvalue weighted by atomic mass is 35.5. The molecule has 2 rings (SSSR count). The zero-order chi connectivity index (χ0) is 12.6. The molecule has 1 aromatic heterocycles. The molecule has 2 N–H and O–H groups in total. The molecule has 1 aromatic rings. The van der Waals surface area contributed by atoms with E-state index in [9.17, 15) is 14.0 Å². The van der Waals surface area contributed by atoms with Gasteiger partial charge in [0.2, 0.25) is 0 Å². The summed E-state index contributed by atoms with van der Waals surface area (Å²) in [5.41, 5.74) is -1.54. The monoisotopic (exact) mass is 264 g/mol. The first kappa shape index (κ1) is 12.3. The van der Waals surface area contributed by atoms with Gasteiger partial charge in [0, 0.05) is 12.6 Å². The lowest BCUT2D eigenvalue weighted by molar-refractivity contribution is -0.0394. The minimum atomic E-state index is -1.44. The van der Waals surface area contributed by atoms with Crippen molar-refractivity contribution in [1.29, 1.82) is 0 Å². The smallest absolute Gasteiger partial charge is 0.330 e. The van der Waals surface area contributed by atoms with Crippen molar-refractivity contribution < 1.29 is 14.2 Å². The summed E-state index contributed by atoms with van der Waals surface area (Å²) in [6, 6.07) is 0. The Morgan fingerprint density at radius 1 is 1.65 bits per heavy atom. The van der Waals surface area contributed by atoms with Gasteiger partial charge < -0.3 is 9.84 Å². The molecule has 1 saturated heterocycles. The van der Waals surface area contributed by atoms with E-state index in [1.165, 1.54) is 0 Å². The molecule has 0 radical (unpaired) electrons. The summed E-state index contributed by atoms with van der Waals surface area (Å²) in [6.07, 6.45) is -2.25. The third-order valence-electron chi connectivity index (χ3n) is 2.53. The molecule has 0 bridgehead atoms. The first-order valence-corrected chi connectivity index (χ1v) is 5.32. The Labute approximate surface area is 99.6 Å². The summed E-state index contributed by atoms with van der Waals surface area (Å²) in [7, 11) is 0. The Morgan fingerprint density at radius 3 is 2.94 bits per heavy atom. The number of hydrogen-bond donors (Lipinski definition) is 2. The number of hydrogen-bond acceptors (Lipinski definition) is 4. The van der Waals surface area contributed by atoms with Gasteiger partial charge in [0.05, 0.1) is 12.7 Å². The number of aliphatic hydroxyl groups excluding tert-OH is 1. The van der Waals surface area contributed by atoms with Crippen LogP contribution in [-0.2, 0) is 4.74 Å². The van der Waals surface area contributed by atoms with Crippen LogP contribution in [0.15, 0.2) is 15.8 Å². The third-order valence-corrected chi connectivity index (χ3v) is 2.80. The minimum absolute atomic E-state index is 0.00957. The molecule has 6 nitrogen and oxygen atoms in total. The molecule has 17 heavy (non-hydrogen) atoms. The fourth-order valence-corrected chi connectivity index (χ4v) is 1.87. The highest BCUT2D eigenvalue weighted by molar-refractivity contribution is 6.30. The molecule has 2 heterocycles. The number of aliphatic hydroxyl groups is 1. The number of halogens is 2. The van der Waals surface area contributed by atoms with Crippen LogP contribution in [0.25, 0.3) is 0 Å². The van der Waals surface area contributed by atoms with Crippen molar-refractivity contribution in [2.24, 2.45) is 0 Å². The maximum Gasteiger partial charge on any atom is 0.330 e. The van der Waals surface area contributed by atoms with E-state index < -0.39 is 29.8 Å². The summed E-state index contributed by atoms with van der Waals surface area (Å²) in [6.45, 7) is -0.331. The highest BCUT2D eigenvalue weighted by Crippen LogP contribution is 2.30. The number of nitrogens with one attached hydrogen (secondary N) is 1. The van der Waals surface area contributed by atoms with Crippen molar-refractivity contribution >= 4 is 11.6 Å². The Morgan fingerprint density at radius 2 is 2.35 bits per heavy atom. The largest absolute Gasteiger partial charge is 0.394 e. The van der Waals surface area contributed by atoms with Crippen LogP contribution in [0.5, 0.6) is 0 Å². The summed E-state index contributed by atoms with van der Waals surface area (Å²) in [5.74, 6) is 0. The van der Waals surface area contributed by atoms with Crippen LogP contribution in [-0.4, -0.2) is 33.5 Å². The minimum Gasteiger partial charge on any atom is -0.394 e. The van der Waals surface area contributed by atoms with Gasteiger partial charge >= 0.3 is 5.69 Å². The second kappa shape index (κ2) is 4.59. The summed E-state index contributed by atoms with van der Waals surface area (Å²) in [4.78, 5) is 24.4. The van der Waals surface area contributed by atoms with Gasteiger partial charge in [0.1, 0.15) is 11.2 Å². The molecule has 3 atom stereocenters. The second-order valence-electron chi connectivity index (χ2n) is 3.73. The van der Waals surface area contributed by atoms with Crippen molar-refractivity contribution in [2.75, 3.05) is 6.61 Å². The average Bonchev–Trinajstić information content (AvgIpc) is 2.65. The zero-order valence-electron chi connectivity index (χ0n) is 8.60. The van der Waals surface area contributed by atoms with Gasteiger partial charge in [0.15, 0.2) is 6.23 Å². The van der Waals surface area contributed by atoms with Gasteiger partial charge in [-0.2, -0.15) is 0 Å². The zero-order valence-corrected chi connectivity index (χ0v) is 9.35. The van der Waals surface area contributed by atoms with Crippen molar-refractivity contribution in [2.45, 2.75) is 24.9 Å². The van der Waals surface area contributed by atoms with Crippen LogP contribution in [0.2, 0.25) is 5.02 Å². The Hall–Kier alpha value is -1.18. The van der Waals surface area contributed by atoms with E-state index in [1.807, 2.05) is 4.98 Å². The van der Waals surface area contributed by atoms with Crippen LogP contribution < -0.4 is 11.2 Å². The number of aromatic nitrogens is 2. The molecular weight excluding hydrogens is 255 g/mol. The van der Waals surface area contributed by atoms with E-state index in [1.54, 1.807) is 0 Å². The summed E-state index contributed by atoms with van der Waals surface area (Å²) >= 11 is 5.55. The van der Waals surface area contributed by atoms with Crippen molar-refractivity contribution in [3.8, 4) is 0 Å². The second-order valence-corrected chi connectivity index (χ2v) is 4.13. The number of nitrogens with zero attached hydrogens (tertiary/aromatic N) is 1. The molecular formula is C9H10ClFN2O4. The molecule has 1 aliphatic heterocycles. The predicted molar refractivity (Wildman–Crippen MR) is 56.8 cm³/mol. The molecule has 0 aliphatic carbocycles. The summed E-state index contributed by atoms with van der Waals surface area (Å²) in [5, 5.41) is 8.62. The van der Waals surface area contributed by atoms with Gasteiger partial charge in [0.25, 0.3) is 5.56 Å². The fraction of sp³-hybridized carbons (Fsp3) is 0.556. The number of ether oxygens (including phenoxy) is 1. The Kier molecular flexibility index (Phi) is 3.32. The van der Waals surface area contributed by atoms with E-state index in [2.05, 4.69) is 0 Å². The topological polar surface area (TPSA) is 84.3 Å². The quantitative estimate of drug-likeness (QED) is 0.775. The van der Waals surface area contributed by atoms with Crippen LogP contribution in [0.1, 0.15) is 12.6 Å². The van der Waals surface area contributed by atoms with Gasteiger partial charge in [-0.1, -0.05) is 11.6 Å². The van der Waals surface area contributed by atoms with Crippen molar-refractivity contribution in [3.63, 3.8) is 0 Å². The van der Waals surface area contributed by atoms with E-state index in [-0.39, 0.29) is 18.1 Å². The molecule has 1 aliphatic rings. The summed E-state index contributed by atoms with van der Waals surface area (Å²) < 4.78 is 19.6. The molecule has 94 valence electrons. The number of alkyl halides is 1. The maximum atomic E-state index is 13.6. The van der Waals surface area contributed by atoms with Gasteiger partial charge in [-0.15, -0.1) is 0 Å². The molecule has 0 amide bonds. The Bertz CT molecular complexity index is 528. The lowest BCUT2D eigenvalue weighted by Crippen LogP contribution is -2.34. The molecule has 0 aromatic carbocycles. The molecule has 8 heteroatoms. The first-order valence-electron chi connectivity index (χ1n) is 4.94. The number of H-pyrrole nitrogens is 1. The standard InChI is InChI=1S/C9H10ClFN2O4/c10-5-2-13(9(16)12-7(5)15)8-6(11)1-4(3-14)17-8/h2,4,6,8,14H,1,3H2,(H,12,15,16)/t4-,6-,8-/m1/s1. The van der Waals surface area contributed by atoms with Gasteiger partial charge in [-0.25, -0.2) is 9.18 Å². The van der Waals surface area contributed by atoms with Crippen LogP contribution in [0.3, 0.4) is 0 Å². The van der Waals surface area contributed by atoms with E-state index in [4.69, 9.17) is 21.4 Å². The third kappa shape index (κ3) is 2.26. The molecule has 0 unspecified atom stereocenters. The van der Waals surface area contributed by atoms with Crippen LogP contribution in [0, 0.1) is 0 Å². The fourth-order valence-electron chi connectivity index (χ4n) is 1.71. The van der Waals surface area contributed by atoms with Crippen LogP contribution >= 0.6 is 11.6 Å². The van der Waals surface area contributed by atoms with Gasteiger partial charge in [-0.05, 0) is 0 Å². The lowest BCUT2D eigenvalue weighted by Gasteiger charge is -2.15. The molecule has 0 saturated carbocycles. The van der Waals surface area contributed by atoms with E-state index in [0.717, 1.165) is 10.8 Å². The van der Waals surface area contributed by atoms with Crippen LogP contribution in [0.4, 0.5) is 4.39 Å².